The largest absolute Gasteiger partial charge is 0.271 e. The van der Waals surface area contributed by atoms with Crippen LogP contribution in [-0.2, 0) is 0 Å². The van der Waals surface area contributed by atoms with E-state index in [0.29, 0.717) is 15.9 Å². The number of thioether (sulfide) groups is 1. The van der Waals surface area contributed by atoms with Crippen LogP contribution in [0.2, 0.25) is 5.02 Å². The van der Waals surface area contributed by atoms with Crippen LogP contribution in [0.25, 0.3) is 5.69 Å². The number of nitrogens with one attached hydrogen (secondary N) is 1. The number of aromatic nitrogens is 2. The van der Waals surface area contributed by atoms with Crippen molar-refractivity contribution >= 4 is 34.2 Å². The number of hydrogen-bond acceptors (Lipinski definition) is 4. The van der Waals surface area contributed by atoms with Gasteiger partial charge in [-0.15, -0.1) is 0 Å². The molecule has 102 valence electrons. The monoisotopic (exact) mass is 305 g/mol. The summed E-state index contributed by atoms with van der Waals surface area (Å²) < 4.78 is 1.72. The van der Waals surface area contributed by atoms with Crippen LogP contribution in [0.1, 0.15) is 5.69 Å². The van der Waals surface area contributed by atoms with Gasteiger partial charge in [-0.25, -0.2) is 9.67 Å². The number of hydrogen-bond donors (Lipinski definition) is 1. The molecule has 0 saturated carbocycles. The molecule has 2 aromatic rings. The first-order valence-electron chi connectivity index (χ1n) is 5.74. The van der Waals surface area contributed by atoms with Crippen LogP contribution in [0.4, 0.5) is 5.69 Å². The van der Waals surface area contributed by atoms with Gasteiger partial charge in [-0.1, -0.05) is 23.4 Å². The minimum absolute atomic E-state index is 0.520. The molecular formula is C13H12ClN5S. The predicted molar refractivity (Wildman–Crippen MR) is 82.7 cm³/mol. The fourth-order valence-corrected chi connectivity index (χ4v) is 2.20. The lowest BCUT2D eigenvalue weighted by Crippen LogP contribution is -2.12. The van der Waals surface area contributed by atoms with E-state index in [4.69, 9.17) is 16.9 Å². The number of nitriles is 1. The van der Waals surface area contributed by atoms with E-state index >= 15 is 0 Å². The Bertz CT molecular complexity index is 686. The average Bonchev–Trinajstić information content (AvgIpc) is 2.85. The van der Waals surface area contributed by atoms with E-state index < -0.39 is 0 Å². The molecular weight excluding hydrogens is 294 g/mol. The smallest absolute Gasteiger partial charge is 0.183 e. The fourth-order valence-electron chi connectivity index (χ4n) is 1.59. The molecule has 20 heavy (non-hydrogen) atoms. The van der Waals surface area contributed by atoms with Crippen LogP contribution >= 0.6 is 23.4 Å². The number of rotatable bonds is 2. The molecule has 1 heterocycles. The van der Waals surface area contributed by atoms with Crippen molar-refractivity contribution in [1.29, 1.82) is 5.26 Å². The van der Waals surface area contributed by atoms with Crippen molar-refractivity contribution in [3.05, 3.63) is 41.2 Å². The predicted octanol–water partition coefficient (Wildman–Crippen LogP) is 3.26. The van der Waals surface area contributed by atoms with Gasteiger partial charge in [0.2, 0.25) is 0 Å². The summed E-state index contributed by atoms with van der Waals surface area (Å²) in [6, 6.07) is 7.32. The maximum Gasteiger partial charge on any atom is 0.183 e. The second-order valence-corrected chi connectivity index (χ2v) is 5.10. The van der Waals surface area contributed by atoms with Crippen LogP contribution < -0.4 is 5.32 Å². The van der Waals surface area contributed by atoms with Crippen LogP contribution in [0, 0.1) is 18.4 Å². The second-order valence-electron chi connectivity index (χ2n) is 3.90. The van der Waals surface area contributed by atoms with Crippen LogP contribution in [0.3, 0.4) is 0 Å². The normalized spacial score (nSPS) is 11.2. The van der Waals surface area contributed by atoms with Gasteiger partial charge in [0.15, 0.2) is 11.4 Å². The third-order valence-electron chi connectivity index (χ3n) is 2.49. The molecule has 2 rings (SSSR count). The van der Waals surface area contributed by atoms with E-state index in [0.717, 1.165) is 11.4 Å². The highest BCUT2D eigenvalue weighted by Gasteiger charge is 2.06. The van der Waals surface area contributed by atoms with Crippen molar-refractivity contribution in [2.24, 2.45) is 4.99 Å². The van der Waals surface area contributed by atoms with E-state index in [2.05, 4.69) is 15.4 Å². The fraction of sp³-hybridized carbons (Fsp3) is 0.154. The Morgan fingerprint density at radius 2 is 2.30 bits per heavy atom. The Morgan fingerprint density at radius 3 is 2.85 bits per heavy atom. The summed E-state index contributed by atoms with van der Waals surface area (Å²) in [6.45, 7) is 1.92. The van der Waals surface area contributed by atoms with Gasteiger partial charge in [-0.3, -0.25) is 5.32 Å². The molecule has 0 amide bonds. The Labute approximate surface area is 126 Å². The third kappa shape index (κ3) is 3.32. The molecule has 0 atom stereocenters. The molecule has 5 nitrogen and oxygen atoms in total. The second kappa shape index (κ2) is 6.46. The Hall–Kier alpha value is -1.97. The zero-order valence-corrected chi connectivity index (χ0v) is 12.5. The van der Waals surface area contributed by atoms with E-state index in [1.807, 2.05) is 43.8 Å². The zero-order chi connectivity index (χ0) is 14.5. The van der Waals surface area contributed by atoms with Crippen molar-refractivity contribution in [1.82, 2.24) is 15.1 Å². The third-order valence-corrected chi connectivity index (χ3v) is 3.37. The van der Waals surface area contributed by atoms with Crippen LogP contribution in [0.5, 0.6) is 0 Å². The molecule has 0 saturated heterocycles. The van der Waals surface area contributed by atoms with Crippen molar-refractivity contribution in [2.75, 3.05) is 6.26 Å². The minimum Gasteiger partial charge on any atom is -0.271 e. The quantitative estimate of drug-likeness (QED) is 0.400. The lowest BCUT2D eigenvalue weighted by Gasteiger charge is -2.06. The minimum atomic E-state index is 0.520. The number of halogens is 1. The first-order chi connectivity index (χ1) is 9.63. The van der Waals surface area contributed by atoms with Gasteiger partial charge in [-0.2, -0.15) is 10.4 Å². The molecule has 1 N–H and O–H groups in total. The molecule has 1 aromatic carbocycles. The lowest BCUT2D eigenvalue weighted by molar-refractivity contribution is 0.863. The van der Waals surface area contributed by atoms with E-state index in [-0.39, 0.29) is 0 Å². The SMILES string of the molecule is CSC(=Nc1ccc(-n2ccc(C)n2)c(Cl)c1)NC#N. The van der Waals surface area contributed by atoms with Crippen molar-refractivity contribution in [3.63, 3.8) is 0 Å². The van der Waals surface area contributed by atoms with Crippen molar-refractivity contribution < 1.29 is 0 Å². The van der Waals surface area contributed by atoms with Crippen molar-refractivity contribution in [3.8, 4) is 11.9 Å². The number of nitrogens with zero attached hydrogens (tertiary/aromatic N) is 4. The Morgan fingerprint density at radius 1 is 1.50 bits per heavy atom. The van der Waals surface area contributed by atoms with E-state index in [1.54, 1.807) is 10.7 Å². The average molecular weight is 306 g/mol. The van der Waals surface area contributed by atoms with Gasteiger partial charge >= 0.3 is 0 Å². The molecule has 0 spiro atoms. The lowest BCUT2D eigenvalue weighted by atomic mass is 10.3. The Balaban J connectivity index is 2.33. The van der Waals surface area contributed by atoms with Gasteiger partial charge in [0, 0.05) is 6.20 Å². The van der Waals surface area contributed by atoms with Gasteiger partial charge in [0.05, 0.1) is 22.1 Å². The van der Waals surface area contributed by atoms with Crippen LogP contribution in [-0.4, -0.2) is 21.2 Å². The summed E-state index contributed by atoms with van der Waals surface area (Å²) in [5.74, 6) is 0. The van der Waals surface area contributed by atoms with E-state index in [1.165, 1.54) is 11.8 Å². The summed E-state index contributed by atoms with van der Waals surface area (Å²) in [6.07, 6.45) is 5.54. The number of aryl methyl sites for hydroxylation is 1. The standard InChI is InChI=1S/C13H12ClN5S/c1-9-5-6-19(18-9)12-4-3-10(7-11(12)14)17-13(20-2)16-8-15/h3-7H,1-2H3,(H,16,17). The first kappa shape index (κ1) is 14.4. The van der Waals surface area contributed by atoms with E-state index in [9.17, 15) is 0 Å². The zero-order valence-electron chi connectivity index (χ0n) is 11.0. The van der Waals surface area contributed by atoms with Gasteiger partial charge in [-0.05, 0) is 37.4 Å². The number of aliphatic imine (C=N–C) groups is 1. The number of amidine groups is 1. The molecule has 0 unspecified atom stereocenters. The Kier molecular flexibility index (Phi) is 4.66. The number of benzene rings is 1. The van der Waals surface area contributed by atoms with Crippen LogP contribution in [0.15, 0.2) is 35.5 Å². The van der Waals surface area contributed by atoms with Gasteiger partial charge in [0.1, 0.15) is 0 Å². The summed E-state index contributed by atoms with van der Waals surface area (Å²) >= 11 is 7.61. The summed E-state index contributed by atoms with van der Waals surface area (Å²) in [5, 5.41) is 16.5. The summed E-state index contributed by atoms with van der Waals surface area (Å²) in [7, 11) is 0. The molecule has 0 aliphatic carbocycles. The highest BCUT2D eigenvalue weighted by Crippen LogP contribution is 2.26. The summed E-state index contributed by atoms with van der Waals surface area (Å²) in [5.41, 5.74) is 2.39. The highest BCUT2D eigenvalue weighted by atomic mass is 35.5. The molecule has 1 aromatic heterocycles. The maximum absolute atomic E-state index is 8.60. The molecule has 0 aliphatic rings. The summed E-state index contributed by atoms with van der Waals surface area (Å²) in [4.78, 5) is 4.30. The highest BCUT2D eigenvalue weighted by molar-refractivity contribution is 8.13. The molecule has 0 radical (unpaired) electrons. The first-order valence-corrected chi connectivity index (χ1v) is 7.34. The topological polar surface area (TPSA) is 66.0 Å². The van der Waals surface area contributed by atoms with Gasteiger partial charge in [0.25, 0.3) is 0 Å². The molecule has 7 heteroatoms. The van der Waals surface area contributed by atoms with Crippen molar-refractivity contribution in [2.45, 2.75) is 6.92 Å². The van der Waals surface area contributed by atoms with Gasteiger partial charge < -0.3 is 0 Å². The maximum atomic E-state index is 8.60. The molecule has 0 aliphatic heterocycles. The molecule has 0 bridgehead atoms. The molecule has 0 fully saturated rings.